The number of nitrogens with zero attached hydrogens (tertiary/aromatic N) is 4. The molecule has 1 aliphatic heterocycles. The summed E-state index contributed by atoms with van der Waals surface area (Å²) in [6.07, 6.45) is 2.85. The van der Waals surface area contributed by atoms with Crippen LogP contribution in [0.4, 0.5) is 5.82 Å². The third-order valence-corrected chi connectivity index (χ3v) is 4.43. The second-order valence-corrected chi connectivity index (χ2v) is 6.34. The van der Waals surface area contributed by atoms with Gasteiger partial charge in [-0.15, -0.1) is 0 Å². The minimum absolute atomic E-state index is 0.00304. The Kier molecular flexibility index (Phi) is 5.48. The lowest BCUT2D eigenvalue weighted by atomic mass is 10.2. The average Bonchev–Trinajstić information content (AvgIpc) is 3.38. The molecule has 0 amide bonds. The summed E-state index contributed by atoms with van der Waals surface area (Å²) in [5.74, 6) is 6.89. The Labute approximate surface area is 162 Å². The van der Waals surface area contributed by atoms with Crippen molar-refractivity contribution in [3.8, 4) is 11.8 Å². The van der Waals surface area contributed by atoms with Gasteiger partial charge in [-0.1, -0.05) is 24.1 Å². The number of aromatic nitrogens is 4. The Balaban J connectivity index is 1.74. The first kappa shape index (κ1) is 18.4. The number of ether oxygens (including phenoxy) is 1. The molecule has 0 spiro atoms. The highest BCUT2D eigenvalue weighted by atomic mass is 16.6. The van der Waals surface area contributed by atoms with Gasteiger partial charge in [-0.3, -0.25) is 9.40 Å². The van der Waals surface area contributed by atoms with E-state index in [2.05, 4.69) is 32.3 Å². The van der Waals surface area contributed by atoms with Gasteiger partial charge in [-0.2, -0.15) is 4.98 Å². The molecule has 1 aromatic carbocycles. The number of hydrogen-bond donors (Lipinski definition) is 2. The molecule has 1 fully saturated rings. The molecular weight excluding hydrogens is 358 g/mol. The lowest BCUT2D eigenvalue weighted by Crippen LogP contribution is -2.14. The highest BCUT2D eigenvalue weighted by Gasteiger charge is 2.28. The van der Waals surface area contributed by atoms with E-state index < -0.39 is 0 Å². The van der Waals surface area contributed by atoms with Gasteiger partial charge in [0.1, 0.15) is 6.23 Å². The van der Waals surface area contributed by atoms with Gasteiger partial charge in [0.2, 0.25) is 5.82 Å². The summed E-state index contributed by atoms with van der Waals surface area (Å²) >= 11 is 0. The zero-order chi connectivity index (χ0) is 19.3. The molecule has 8 heteroatoms. The first-order chi connectivity index (χ1) is 13.8. The molecule has 2 N–H and O–H groups in total. The molecule has 3 heterocycles. The van der Waals surface area contributed by atoms with E-state index in [9.17, 15) is 5.11 Å². The van der Waals surface area contributed by atoms with Crippen LogP contribution in [0.25, 0.3) is 11.2 Å². The van der Waals surface area contributed by atoms with Gasteiger partial charge in [0, 0.05) is 5.56 Å². The number of imidazole rings is 1. The topological polar surface area (TPSA) is 94.3 Å². The fourth-order valence-electron chi connectivity index (χ4n) is 3.07. The smallest absolute Gasteiger partial charge is 0.209 e. The maximum Gasteiger partial charge on any atom is 0.209 e. The summed E-state index contributed by atoms with van der Waals surface area (Å²) in [5.41, 5.74) is 4.89. The zero-order valence-electron chi connectivity index (χ0n) is 15.5. The summed E-state index contributed by atoms with van der Waals surface area (Å²) in [6, 6.07) is 9.66. The maximum atomic E-state index is 9.34. The van der Waals surface area contributed by atoms with Crippen LogP contribution in [0.1, 0.15) is 37.4 Å². The van der Waals surface area contributed by atoms with Crippen LogP contribution in [-0.4, -0.2) is 43.9 Å². The van der Waals surface area contributed by atoms with E-state index in [1.54, 1.807) is 6.33 Å². The highest BCUT2D eigenvalue weighted by Crippen LogP contribution is 2.31. The summed E-state index contributed by atoms with van der Waals surface area (Å²) < 4.78 is 7.74. The summed E-state index contributed by atoms with van der Waals surface area (Å²) in [4.78, 5) is 18.8. The van der Waals surface area contributed by atoms with Crippen LogP contribution in [0.5, 0.6) is 0 Å². The summed E-state index contributed by atoms with van der Waals surface area (Å²) in [6.45, 7) is 2.35. The van der Waals surface area contributed by atoms with Crippen molar-refractivity contribution in [1.29, 1.82) is 0 Å². The van der Waals surface area contributed by atoms with Crippen molar-refractivity contribution in [2.24, 2.45) is 0 Å². The van der Waals surface area contributed by atoms with Crippen molar-refractivity contribution in [3.63, 3.8) is 0 Å². The van der Waals surface area contributed by atoms with Gasteiger partial charge in [0.05, 0.1) is 25.6 Å². The molecular formula is C20H21N5O3. The number of benzene rings is 1. The van der Waals surface area contributed by atoms with E-state index in [0.29, 0.717) is 29.4 Å². The number of aliphatic hydroxyl groups is 1. The second-order valence-electron chi connectivity index (χ2n) is 6.34. The van der Waals surface area contributed by atoms with Gasteiger partial charge in [0.15, 0.2) is 17.0 Å². The summed E-state index contributed by atoms with van der Waals surface area (Å²) in [5, 5.41) is 9.34. The molecule has 1 aliphatic rings. The first-order valence-electron chi connectivity index (χ1n) is 9.24. The van der Waals surface area contributed by atoms with Crippen molar-refractivity contribution in [2.45, 2.75) is 32.1 Å². The van der Waals surface area contributed by atoms with E-state index in [4.69, 9.17) is 9.57 Å². The maximum absolute atomic E-state index is 9.34. The minimum Gasteiger partial charge on any atom is -0.394 e. The van der Waals surface area contributed by atoms with Crippen LogP contribution in [0.2, 0.25) is 0 Å². The van der Waals surface area contributed by atoms with Crippen LogP contribution >= 0.6 is 0 Å². The Bertz CT molecular complexity index is 1010. The molecule has 0 unspecified atom stereocenters. The first-order valence-corrected chi connectivity index (χ1v) is 9.24. The van der Waals surface area contributed by atoms with E-state index >= 15 is 0 Å². The minimum atomic E-state index is -0.230. The monoisotopic (exact) mass is 379 g/mol. The van der Waals surface area contributed by atoms with Crippen molar-refractivity contribution < 1.29 is 14.7 Å². The van der Waals surface area contributed by atoms with Gasteiger partial charge in [0.25, 0.3) is 0 Å². The Morgan fingerprint density at radius 1 is 1.25 bits per heavy atom. The van der Waals surface area contributed by atoms with E-state index in [0.717, 1.165) is 18.4 Å². The second kappa shape index (κ2) is 8.35. The molecule has 3 aromatic rings. The molecule has 0 bridgehead atoms. The Hall–Kier alpha value is -2.99. The number of aliphatic hydroxyl groups excluding tert-OH is 1. The van der Waals surface area contributed by atoms with Gasteiger partial charge < -0.3 is 9.84 Å². The lowest BCUT2D eigenvalue weighted by Gasteiger charge is -2.14. The predicted octanol–water partition coefficient (Wildman–Crippen LogP) is 2.26. The SMILES string of the molecule is CCONc1nc(C#Cc2ccccc2)nc2c1ncn2[C@H]1CC[C@H](CO)O1. The third kappa shape index (κ3) is 3.82. The molecule has 0 saturated carbocycles. The lowest BCUT2D eigenvalue weighted by molar-refractivity contribution is -0.0207. The standard InChI is InChI=1S/C20H21N5O3/c1-2-27-24-19-18-20(25(13-21-18)17-11-9-15(12-26)28-17)23-16(22-19)10-8-14-6-4-3-5-7-14/h3-7,13,15,17,26H,2,9,11-12H2,1H3,(H,22,23,24)/t15-,17-/m1/s1. The Morgan fingerprint density at radius 3 is 2.86 bits per heavy atom. The molecule has 1 saturated heterocycles. The van der Waals surface area contributed by atoms with Crippen molar-refractivity contribution in [3.05, 3.63) is 48.0 Å². The van der Waals surface area contributed by atoms with Crippen LogP contribution < -0.4 is 5.48 Å². The van der Waals surface area contributed by atoms with Crippen molar-refractivity contribution in [1.82, 2.24) is 19.5 Å². The fraction of sp³-hybridized carbons (Fsp3) is 0.350. The molecule has 144 valence electrons. The quantitative estimate of drug-likeness (QED) is 0.519. The van der Waals surface area contributed by atoms with E-state index in [-0.39, 0.29) is 18.9 Å². The van der Waals surface area contributed by atoms with E-state index in [1.807, 2.05) is 41.8 Å². The molecule has 4 rings (SSSR count). The molecule has 28 heavy (non-hydrogen) atoms. The number of fused-ring (bicyclic) bond motifs is 1. The van der Waals surface area contributed by atoms with Gasteiger partial charge in [-0.25, -0.2) is 15.4 Å². The van der Waals surface area contributed by atoms with Crippen molar-refractivity contribution >= 4 is 17.0 Å². The number of hydrogen-bond acceptors (Lipinski definition) is 7. The molecule has 8 nitrogen and oxygen atoms in total. The number of nitrogens with one attached hydrogen (secondary N) is 1. The zero-order valence-corrected chi connectivity index (χ0v) is 15.5. The Morgan fingerprint density at radius 2 is 2.11 bits per heavy atom. The van der Waals surface area contributed by atoms with Crippen LogP contribution in [0, 0.1) is 11.8 Å². The summed E-state index contributed by atoms with van der Waals surface area (Å²) in [7, 11) is 0. The third-order valence-electron chi connectivity index (χ3n) is 4.43. The highest BCUT2D eigenvalue weighted by molar-refractivity contribution is 5.83. The molecule has 2 atom stereocenters. The molecule has 2 aromatic heterocycles. The number of anilines is 1. The number of rotatable bonds is 5. The van der Waals surface area contributed by atoms with E-state index in [1.165, 1.54) is 0 Å². The largest absolute Gasteiger partial charge is 0.394 e. The predicted molar refractivity (Wildman–Crippen MR) is 103 cm³/mol. The molecule has 0 radical (unpaired) electrons. The van der Waals surface area contributed by atoms with Gasteiger partial charge in [-0.05, 0) is 37.8 Å². The van der Waals surface area contributed by atoms with Crippen LogP contribution in [0.15, 0.2) is 36.7 Å². The molecule has 0 aliphatic carbocycles. The van der Waals surface area contributed by atoms with Crippen LogP contribution in [0.3, 0.4) is 0 Å². The normalized spacial score (nSPS) is 18.8. The van der Waals surface area contributed by atoms with Crippen LogP contribution in [-0.2, 0) is 9.57 Å². The average molecular weight is 379 g/mol. The fourth-order valence-corrected chi connectivity index (χ4v) is 3.07. The van der Waals surface area contributed by atoms with Gasteiger partial charge >= 0.3 is 0 Å². The van der Waals surface area contributed by atoms with Crippen molar-refractivity contribution in [2.75, 3.05) is 18.7 Å².